The summed E-state index contributed by atoms with van der Waals surface area (Å²) in [6.07, 6.45) is 7.22. The lowest BCUT2D eigenvalue weighted by Gasteiger charge is -2.19. The Labute approximate surface area is 111 Å². The number of nitrogens with one attached hydrogen (secondary N) is 1. The highest BCUT2D eigenvalue weighted by Gasteiger charge is 2.10. The van der Waals surface area contributed by atoms with Crippen molar-refractivity contribution in [2.75, 3.05) is 19.8 Å². The van der Waals surface area contributed by atoms with Crippen LogP contribution in [0.5, 0.6) is 0 Å². The second kappa shape index (κ2) is 9.06. The topological polar surface area (TPSA) is 34.1 Å². The van der Waals surface area contributed by atoms with Gasteiger partial charge in [0.25, 0.3) is 0 Å². The summed E-state index contributed by atoms with van der Waals surface area (Å²) in [7, 11) is 0. The first kappa shape index (κ1) is 15.1. The van der Waals surface area contributed by atoms with E-state index in [0.717, 1.165) is 39.0 Å². The first-order valence-corrected chi connectivity index (χ1v) is 7.00. The predicted octanol–water partition coefficient (Wildman–Crippen LogP) is 3.25. The minimum atomic E-state index is 0.401. The van der Waals surface area contributed by atoms with Crippen LogP contribution in [0.3, 0.4) is 0 Å². The van der Waals surface area contributed by atoms with Gasteiger partial charge in [-0.2, -0.15) is 0 Å². The predicted molar refractivity (Wildman–Crippen MR) is 75.7 cm³/mol. The molecule has 0 saturated heterocycles. The molecule has 0 aliphatic heterocycles. The summed E-state index contributed by atoms with van der Waals surface area (Å²) < 4.78 is 5.40. The van der Waals surface area contributed by atoms with Crippen LogP contribution < -0.4 is 5.32 Å². The molecule has 1 aromatic heterocycles. The molecular weight excluding hydrogens is 224 g/mol. The number of pyridine rings is 1. The number of hydrogen-bond donors (Lipinski definition) is 1. The first-order valence-electron chi connectivity index (χ1n) is 7.00. The molecule has 3 heteroatoms. The van der Waals surface area contributed by atoms with E-state index in [4.69, 9.17) is 4.74 Å². The number of aromatic nitrogens is 1. The molecule has 102 valence electrons. The molecule has 0 radical (unpaired) electrons. The fourth-order valence-electron chi connectivity index (χ4n) is 2.01. The maximum atomic E-state index is 5.40. The minimum absolute atomic E-state index is 0.401. The molecule has 0 saturated carbocycles. The van der Waals surface area contributed by atoms with Crippen LogP contribution in [0.2, 0.25) is 0 Å². The number of ether oxygens (including phenoxy) is 1. The van der Waals surface area contributed by atoms with E-state index >= 15 is 0 Å². The van der Waals surface area contributed by atoms with Crippen molar-refractivity contribution in [3.63, 3.8) is 0 Å². The zero-order chi connectivity index (χ0) is 13.2. The lowest BCUT2D eigenvalue weighted by molar-refractivity contribution is 0.141. The van der Waals surface area contributed by atoms with Crippen LogP contribution in [0.25, 0.3) is 0 Å². The van der Waals surface area contributed by atoms with Crippen molar-refractivity contribution < 1.29 is 4.74 Å². The van der Waals surface area contributed by atoms with Crippen molar-refractivity contribution in [3.8, 4) is 0 Å². The van der Waals surface area contributed by atoms with E-state index < -0.39 is 0 Å². The summed E-state index contributed by atoms with van der Waals surface area (Å²) in [6, 6.07) is 2.62. The van der Waals surface area contributed by atoms with E-state index in [2.05, 4.69) is 30.2 Å². The summed E-state index contributed by atoms with van der Waals surface area (Å²) in [5.74, 6) is 0. The number of hydrogen-bond acceptors (Lipinski definition) is 3. The summed E-state index contributed by atoms with van der Waals surface area (Å²) in [5.41, 5.74) is 2.51. The highest BCUT2D eigenvalue weighted by atomic mass is 16.5. The summed E-state index contributed by atoms with van der Waals surface area (Å²) >= 11 is 0. The lowest BCUT2D eigenvalue weighted by Crippen LogP contribution is -2.22. The van der Waals surface area contributed by atoms with Crippen molar-refractivity contribution >= 4 is 0 Å². The normalized spacial score (nSPS) is 12.6. The molecular formula is C15H26N2O. The van der Waals surface area contributed by atoms with E-state index in [1.165, 1.54) is 11.1 Å². The van der Waals surface area contributed by atoms with Gasteiger partial charge in [-0.15, -0.1) is 0 Å². The van der Waals surface area contributed by atoms with Gasteiger partial charge in [-0.25, -0.2) is 0 Å². The average Bonchev–Trinajstić information content (AvgIpc) is 2.38. The van der Waals surface area contributed by atoms with Gasteiger partial charge in [0.15, 0.2) is 0 Å². The van der Waals surface area contributed by atoms with E-state index in [-0.39, 0.29) is 0 Å². The minimum Gasteiger partial charge on any atom is -0.382 e. The van der Waals surface area contributed by atoms with Crippen molar-refractivity contribution in [1.29, 1.82) is 0 Å². The van der Waals surface area contributed by atoms with E-state index in [0.29, 0.717) is 6.04 Å². The Morgan fingerprint density at radius 2 is 2.17 bits per heavy atom. The molecule has 0 aromatic carbocycles. The van der Waals surface area contributed by atoms with Gasteiger partial charge in [0.1, 0.15) is 0 Å². The Balaban J connectivity index is 2.54. The number of nitrogens with zero attached hydrogens (tertiary/aromatic N) is 1. The van der Waals surface area contributed by atoms with Gasteiger partial charge in [0.05, 0.1) is 0 Å². The van der Waals surface area contributed by atoms with Crippen molar-refractivity contribution in [2.45, 2.75) is 46.1 Å². The second-order valence-electron chi connectivity index (χ2n) is 4.64. The fraction of sp³-hybridized carbons (Fsp3) is 0.667. The molecule has 0 amide bonds. The number of rotatable bonds is 9. The van der Waals surface area contributed by atoms with E-state index in [1.807, 2.05) is 19.3 Å². The smallest absolute Gasteiger partial charge is 0.0466 e. The molecule has 1 atom stereocenters. The summed E-state index contributed by atoms with van der Waals surface area (Å²) in [4.78, 5) is 4.29. The molecule has 1 N–H and O–H groups in total. The van der Waals surface area contributed by atoms with Gasteiger partial charge in [0, 0.05) is 31.6 Å². The third-order valence-corrected chi connectivity index (χ3v) is 2.92. The summed E-state index contributed by atoms with van der Waals surface area (Å²) in [5, 5.41) is 3.59. The van der Waals surface area contributed by atoms with Crippen LogP contribution in [0, 0.1) is 6.92 Å². The summed E-state index contributed by atoms with van der Waals surface area (Å²) in [6.45, 7) is 9.02. The van der Waals surface area contributed by atoms with Crippen molar-refractivity contribution in [2.24, 2.45) is 0 Å². The Bertz CT molecular complexity index is 328. The Morgan fingerprint density at radius 1 is 1.33 bits per heavy atom. The van der Waals surface area contributed by atoms with Gasteiger partial charge < -0.3 is 10.1 Å². The van der Waals surface area contributed by atoms with Crippen LogP contribution in [0.1, 0.15) is 50.3 Å². The zero-order valence-corrected chi connectivity index (χ0v) is 11.9. The van der Waals surface area contributed by atoms with Gasteiger partial charge >= 0.3 is 0 Å². The third-order valence-electron chi connectivity index (χ3n) is 2.92. The molecule has 0 aliphatic carbocycles. The van der Waals surface area contributed by atoms with Crippen LogP contribution in [-0.4, -0.2) is 24.7 Å². The van der Waals surface area contributed by atoms with Gasteiger partial charge in [-0.3, -0.25) is 4.98 Å². The maximum Gasteiger partial charge on any atom is 0.0466 e. The molecule has 1 rings (SSSR count). The van der Waals surface area contributed by atoms with Crippen LogP contribution in [0.15, 0.2) is 18.5 Å². The first-order chi connectivity index (χ1) is 8.77. The van der Waals surface area contributed by atoms with Crippen LogP contribution >= 0.6 is 0 Å². The number of aryl methyl sites for hydroxylation is 1. The average molecular weight is 250 g/mol. The van der Waals surface area contributed by atoms with E-state index in [9.17, 15) is 0 Å². The monoisotopic (exact) mass is 250 g/mol. The van der Waals surface area contributed by atoms with Crippen LogP contribution in [-0.2, 0) is 4.74 Å². The van der Waals surface area contributed by atoms with Gasteiger partial charge in [-0.05, 0) is 50.8 Å². The van der Waals surface area contributed by atoms with Crippen molar-refractivity contribution in [1.82, 2.24) is 10.3 Å². The van der Waals surface area contributed by atoms with Crippen LogP contribution in [0.4, 0.5) is 0 Å². The highest BCUT2D eigenvalue weighted by Crippen LogP contribution is 2.18. The lowest BCUT2D eigenvalue weighted by atomic mass is 10.0. The van der Waals surface area contributed by atoms with Crippen molar-refractivity contribution in [3.05, 3.63) is 29.6 Å². The Kier molecular flexibility index (Phi) is 7.62. The molecule has 0 fully saturated rings. The van der Waals surface area contributed by atoms with Gasteiger partial charge in [0.2, 0.25) is 0 Å². The molecule has 1 unspecified atom stereocenters. The maximum absolute atomic E-state index is 5.40. The molecule has 0 aliphatic rings. The SMILES string of the molecule is CCCNC(CCCOCC)c1cncc(C)c1. The molecule has 0 spiro atoms. The fourth-order valence-corrected chi connectivity index (χ4v) is 2.01. The zero-order valence-electron chi connectivity index (χ0n) is 11.9. The molecule has 0 bridgehead atoms. The molecule has 3 nitrogen and oxygen atoms in total. The largest absolute Gasteiger partial charge is 0.382 e. The second-order valence-corrected chi connectivity index (χ2v) is 4.64. The van der Waals surface area contributed by atoms with Gasteiger partial charge in [-0.1, -0.05) is 13.0 Å². The van der Waals surface area contributed by atoms with E-state index in [1.54, 1.807) is 0 Å². The quantitative estimate of drug-likeness (QED) is 0.683. The molecule has 18 heavy (non-hydrogen) atoms. The standard InChI is InChI=1S/C15H26N2O/c1-4-8-17-15(7-6-9-18-5-2)14-10-13(3)11-16-12-14/h10-12,15,17H,4-9H2,1-3H3. The molecule has 1 aromatic rings. The molecule has 1 heterocycles. The highest BCUT2D eigenvalue weighted by molar-refractivity contribution is 5.20. The Hall–Kier alpha value is -0.930. The third kappa shape index (κ3) is 5.61. The Morgan fingerprint density at radius 3 is 2.83 bits per heavy atom.